The van der Waals surface area contributed by atoms with Crippen molar-refractivity contribution in [1.29, 1.82) is 0 Å². The Morgan fingerprint density at radius 1 is 0.756 bits per heavy atom. The van der Waals surface area contributed by atoms with Gasteiger partial charge in [-0.3, -0.25) is 13.9 Å². The number of sulfonamides is 1. The van der Waals surface area contributed by atoms with Crippen LogP contribution in [0.4, 0.5) is 14.5 Å². The second-order valence-electron chi connectivity index (χ2n) is 9.27. The smallest absolute Gasteiger partial charge is 0.264 e. The summed E-state index contributed by atoms with van der Waals surface area (Å²) < 4.78 is 55.7. The highest BCUT2D eigenvalue weighted by Gasteiger charge is 2.34. The van der Waals surface area contributed by atoms with Crippen molar-refractivity contribution in [3.63, 3.8) is 0 Å². The summed E-state index contributed by atoms with van der Waals surface area (Å²) in [6, 6.07) is 26.0. The summed E-state index contributed by atoms with van der Waals surface area (Å²) in [6.45, 7) is -0.726. The first-order valence-electron chi connectivity index (χ1n) is 12.8. The van der Waals surface area contributed by atoms with Gasteiger partial charge >= 0.3 is 0 Å². The van der Waals surface area contributed by atoms with E-state index in [1.165, 1.54) is 36.2 Å². The first-order chi connectivity index (χ1) is 19.7. The van der Waals surface area contributed by atoms with Crippen molar-refractivity contribution in [1.82, 2.24) is 10.2 Å². The fourth-order valence-corrected chi connectivity index (χ4v) is 5.78. The van der Waals surface area contributed by atoms with Crippen LogP contribution in [0.15, 0.2) is 114 Å². The average Bonchev–Trinajstić information content (AvgIpc) is 2.99. The summed E-state index contributed by atoms with van der Waals surface area (Å²) in [5, 5.41) is 2.60. The molecule has 212 valence electrons. The lowest BCUT2D eigenvalue weighted by Gasteiger charge is -2.33. The Hall–Kier alpha value is -4.57. The number of carbonyl (C=O) groups excluding carboxylic acids is 2. The highest BCUT2D eigenvalue weighted by Crippen LogP contribution is 2.25. The SMILES string of the molecule is CNC(=O)[C@@H](Cc1ccccc1)N(Cc1ccc(F)cc1)C(=O)CN(c1ccccc1)S(=O)(=O)c1ccc(F)cc1. The van der Waals surface area contributed by atoms with E-state index in [0.29, 0.717) is 5.56 Å². The number of nitrogens with zero attached hydrogens (tertiary/aromatic N) is 2. The largest absolute Gasteiger partial charge is 0.357 e. The van der Waals surface area contributed by atoms with Gasteiger partial charge in [0.1, 0.15) is 24.2 Å². The summed E-state index contributed by atoms with van der Waals surface area (Å²) in [5.74, 6) is -2.17. The van der Waals surface area contributed by atoms with Crippen LogP contribution in [0.2, 0.25) is 0 Å². The van der Waals surface area contributed by atoms with Gasteiger partial charge in [0, 0.05) is 20.0 Å². The zero-order chi connectivity index (χ0) is 29.4. The van der Waals surface area contributed by atoms with Crippen molar-refractivity contribution >= 4 is 27.5 Å². The third-order valence-electron chi connectivity index (χ3n) is 6.51. The number of anilines is 1. The lowest BCUT2D eigenvalue weighted by molar-refractivity contribution is -0.139. The maximum absolute atomic E-state index is 14.1. The van der Waals surface area contributed by atoms with E-state index in [2.05, 4.69) is 5.32 Å². The number of rotatable bonds is 11. The molecule has 0 unspecified atom stereocenters. The molecule has 10 heteroatoms. The predicted molar refractivity (Wildman–Crippen MR) is 152 cm³/mol. The van der Waals surface area contributed by atoms with Crippen molar-refractivity contribution in [2.45, 2.75) is 23.9 Å². The summed E-state index contributed by atoms with van der Waals surface area (Å²) in [4.78, 5) is 28.4. The van der Waals surface area contributed by atoms with Crippen LogP contribution in [-0.4, -0.2) is 44.8 Å². The Kier molecular flexibility index (Phi) is 9.46. The molecule has 1 atom stereocenters. The van der Waals surface area contributed by atoms with Crippen molar-refractivity contribution in [3.8, 4) is 0 Å². The van der Waals surface area contributed by atoms with E-state index in [9.17, 15) is 26.8 Å². The Balaban J connectivity index is 1.76. The van der Waals surface area contributed by atoms with Gasteiger partial charge in [0.25, 0.3) is 10.0 Å². The summed E-state index contributed by atoms with van der Waals surface area (Å²) >= 11 is 0. The second-order valence-corrected chi connectivity index (χ2v) is 11.1. The van der Waals surface area contributed by atoms with Gasteiger partial charge in [-0.1, -0.05) is 60.7 Å². The van der Waals surface area contributed by atoms with E-state index in [1.807, 2.05) is 30.3 Å². The third kappa shape index (κ3) is 7.34. The molecule has 0 spiro atoms. The fourth-order valence-electron chi connectivity index (χ4n) is 4.36. The van der Waals surface area contributed by atoms with Crippen LogP contribution in [0.1, 0.15) is 11.1 Å². The minimum absolute atomic E-state index is 0.0801. The van der Waals surface area contributed by atoms with Crippen molar-refractivity contribution < 1.29 is 26.8 Å². The molecule has 4 rings (SSSR count). The molecule has 0 bridgehead atoms. The van der Waals surface area contributed by atoms with Gasteiger partial charge in [-0.2, -0.15) is 0 Å². The van der Waals surface area contributed by atoms with Gasteiger partial charge < -0.3 is 10.2 Å². The molecule has 1 N–H and O–H groups in total. The van der Waals surface area contributed by atoms with Crippen LogP contribution in [0.5, 0.6) is 0 Å². The molecule has 0 radical (unpaired) electrons. The van der Waals surface area contributed by atoms with E-state index in [-0.39, 0.29) is 23.5 Å². The Bertz CT molecular complexity index is 1570. The zero-order valence-corrected chi connectivity index (χ0v) is 23.1. The first kappa shape index (κ1) is 29.4. The molecule has 0 aromatic heterocycles. The number of carbonyl (C=O) groups is 2. The number of amides is 2. The molecule has 0 aliphatic carbocycles. The maximum Gasteiger partial charge on any atom is 0.264 e. The molecule has 0 saturated carbocycles. The molecule has 0 fully saturated rings. The molecular formula is C31H29F2N3O4S. The first-order valence-corrected chi connectivity index (χ1v) is 14.3. The van der Waals surface area contributed by atoms with E-state index in [1.54, 1.807) is 30.3 Å². The van der Waals surface area contributed by atoms with Crippen LogP contribution in [0.25, 0.3) is 0 Å². The van der Waals surface area contributed by atoms with Gasteiger partial charge in [-0.15, -0.1) is 0 Å². The molecule has 0 saturated heterocycles. The molecule has 0 aliphatic rings. The van der Waals surface area contributed by atoms with E-state index >= 15 is 0 Å². The Labute approximate surface area is 238 Å². The van der Waals surface area contributed by atoms with Gasteiger partial charge in [-0.25, -0.2) is 17.2 Å². The monoisotopic (exact) mass is 577 g/mol. The van der Waals surface area contributed by atoms with E-state index < -0.39 is 46.1 Å². The van der Waals surface area contributed by atoms with E-state index in [4.69, 9.17) is 0 Å². The van der Waals surface area contributed by atoms with Crippen LogP contribution in [0, 0.1) is 11.6 Å². The molecule has 4 aromatic rings. The van der Waals surface area contributed by atoms with Crippen LogP contribution in [-0.2, 0) is 32.6 Å². The Morgan fingerprint density at radius 2 is 1.29 bits per heavy atom. The molecule has 0 aliphatic heterocycles. The number of likely N-dealkylation sites (N-methyl/N-ethyl adjacent to an activating group) is 1. The predicted octanol–water partition coefficient (Wildman–Crippen LogP) is 4.55. The van der Waals surface area contributed by atoms with E-state index in [0.717, 1.165) is 34.1 Å². The normalized spacial score (nSPS) is 11.9. The van der Waals surface area contributed by atoms with Gasteiger partial charge in [0.15, 0.2) is 0 Å². The number of halogens is 2. The molecule has 4 aromatic carbocycles. The lowest BCUT2D eigenvalue weighted by atomic mass is 10.0. The number of benzene rings is 4. The fraction of sp³-hybridized carbons (Fsp3) is 0.161. The Morgan fingerprint density at radius 3 is 1.85 bits per heavy atom. The van der Waals surface area contributed by atoms with Gasteiger partial charge in [0.05, 0.1) is 10.6 Å². The van der Waals surface area contributed by atoms with Crippen molar-refractivity contribution in [2.24, 2.45) is 0 Å². The van der Waals surface area contributed by atoms with Crippen molar-refractivity contribution in [3.05, 3.63) is 132 Å². The van der Waals surface area contributed by atoms with Crippen LogP contribution >= 0.6 is 0 Å². The molecule has 0 heterocycles. The lowest BCUT2D eigenvalue weighted by Crippen LogP contribution is -2.53. The minimum Gasteiger partial charge on any atom is -0.357 e. The van der Waals surface area contributed by atoms with Crippen LogP contribution < -0.4 is 9.62 Å². The average molecular weight is 578 g/mol. The summed E-state index contributed by atoms with van der Waals surface area (Å²) in [5.41, 5.74) is 1.55. The van der Waals surface area contributed by atoms with Gasteiger partial charge in [-0.05, 0) is 59.7 Å². The highest BCUT2D eigenvalue weighted by atomic mass is 32.2. The number of nitrogens with one attached hydrogen (secondary N) is 1. The summed E-state index contributed by atoms with van der Waals surface area (Å²) in [6.07, 6.45) is 0.156. The molecule has 41 heavy (non-hydrogen) atoms. The molecular weight excluding hydrogens is 548 g/mol. The molecule has 2 amide bonds. The minimum atomic E-state index is -4.32. The topological polar surface area (TPSA) is 86.8 Å². The number of para-hydroxylation sites is 1. The molecule has 7 nitrogen and oxygen atoms in total. The maximum atomic E-state index is 14.1. The summed E-state index contributed by atoms with van der Waals surface area (Å²) in [7, 11) is -2.86. The second kappa shape index (κ2) is 13.2. The third-order valence-corrected chi connectivity index (χ3v) is 8.30. The van der Waals surface area contributed by atoms with Crippen molar-refractivity contribution in [2.75, 3.05) is 17.9 Å². The quantitative estimate of drug-likeness (QED) is 0.284. The number of hydrogen-bond acceptors (Lipinski definition) is 4. The van der Waals surface area contributed by atoms with Crippen LogP contribution in [0.3, 0.4) is 0 Å². The standard InChI is InChI=1S/C31H29F2N3O4S/c1-34-31(38)29(20-23-8-4-2-5-9-23)35(21-24-12-14-25(32)15-13-24)30(37)22-36(27-10-6-3-7-11-27)41(39,40)28-18-16-26(33)17-19-28/h2-19,29H,20-22H2,1H3,(H,34,38)/t29-/m1/s1. The number of hydrogen-bond donors (Lipinski definition) is 1. The zero-order valence-electron chi connectivity index (χ0n) is 22.3. The highest BCUT2D eigenvalue weighted by molar-refractivity contribution is 7.92. The van der Waals surface area contributed by atoms with Gasteiger partial charge in [0.2, 0.25) is 11.8 Å².